The molecule has 0 aliphatic rings. The maximum absolute atomic E-state index is 10.7. The highest BCUT2D eigenvalue weighted by molar-refractivity contribution is 9.10. The lowest BCUT2D eigenvalue weighted by atomic mass is 9.95. The summed E-state index contributed by atoms with van der Waals surface area (Å²) in [5, 5.41) is 0. The van der Waals surface area contributed by atoms with Gasteiger partial charge in [-0.1, -0.05) is 13.8 Å². The molecule has 0 radical (unpaired) electrons. The van der Waals surface area contributed by atoms with Crippen LogP contribution in [0.3, 0.4) is 0 Å². The van der Waals surface area contributed by atoms with E-state index < -0.39 is 0 Å². The van der Waals surface area contributed by atoms with Gasteiger partial charge in [-0.2, -0.15) is 0 Å². The Labute approximate surface area is 80.1 Å². The van der Waals surface area contributed by atoms with Gasteiger partial charge in [0.2, 0.25) is 0 Å². The quantitative estimate of drug-likeness (QED) is 0.748. The van der Waals surface area contributed by atoms with Crippen molar-refractivity contribution in [2.45, 2.75) is 19.8 Å². The van der Waals surface area contributed by atoms with Gasteiger partial charge in [0.1, 0.15) is 12.0 Å². The van der Waals surface area contributed by atoms with Crippen molar-refractivity contribution >= 4 is 22.2 Å². The lowest BCUT2D eigenvalue weighted by Gasteiger charge is -2.10. The van der Waals surface area contributed by atoms with Crippen LogP contribution in [0, 0.1) is 5.92 Å². The molecule has 2 nitrogen and oxygen atoms in total. The summed E-state index contributed by atoms with van der Waals surface area (Å²) in [6.07, 6.45) is 0.927. The molecule has 0 aliphatic carbocycles. The Morgan fingerprint density at radius 2 is 2.17 bits per heavy atom. The minimum Gasteiger partial charge on any atom is -0.454 e. The van der Waals surface area contributed by atoms with E-state index in [0.29, 0.717) is 4.67 Å². The van der Waals surface area contributed by atoms with Crippen LogP contribution >= 0.6 is 15.9 Å². The third-order valence-electron chi connectivity index (χ3n) is 1.79. The summed E-state index contributed by atoms with van der Waals surface area (Å²) in [6.45, 7) is 3.99. The fraction of sp³-hybridized carbons (Fsp3) is 0.444. The zero-order valence-electron chi connectivity index (χ0n) is 7.08. The molecule has 0 saturated heterocycles. The predicted molar refractivity (Wildman–Crippen MR) is 50.1 cm³/mol. The van der Waals surface area contributed by atoms with E-state index in [0.717, 1.165) is 12.0 Å². The Bertz CT molecular complexity index is 265. The van der Waals surface area contributed by atoms with Crippen LogP contribution in [-0.4, -0.2) is 6.29 Å². The fourth-order valence-electron chi connectivity index (χ4n) is 1.06. The number of aldehydes is 1. The van der Waals surface area contributed by atoms with Gasteiger partial charge in [0.15, 0.2) is 4.67 Å². The van der Waals surface area contributed by atoms with E-state index in [1.54, 1.807) is 6.07 Å². The van der Waals surface area contributed by atoms with Crippen LogP contribution < -0.4 is 0 Å². The molecule has 1 unspecified atom stereocenters. The number of hydrogen-bond donors (Lipinski definition) is 0. The Morgan fingerprint density at radius 3 is 2.50 bits per heavy atom. The molecule has 1 heterocycles. The first-order chi connectivity index (χ1) is 5.65. The van der Waals surface area contributed by atoms with Crippen LogP contribution in [0.4, 0.5) is 0 Å². The van der Waals surface area contributed by atoms with Crippen molar-refractivity contribution in [3.8, 4) is 0 Å². The van der Waals surface area contributed by atoms with Crippen molar-refractivity contribution < 1.29 is 9.21 Å². The summed E-state index contributed by atoms with van der Waals surface area (Å²) in [5.74, 6) is 0.878. The largest absolute Gasteiger partial charge is 0.454 e. The first-order valence-electron chi connectivity index (χ1n) is 3.85. The number of hydrogen-bond acceptors (Lipinski definition) is 2. The Hall–Kier alpha value is -0.570. The molecular formula is C9H11BrO2. The number of furan rings is 1. The minimum absolute atomic E-state index is 0.128. The van der Waals surface area contributed by atoms with E-state index >= 15 is 0 Å². The molecule has 3 heteroatoms. The summed E-state index contributed by atoms with van der Waals surface area (Å²) in [7, 11) is 0. The van der Waals surface area contributed by atoms with Crippen molar-refractivity contribution in [1.82, 2.24) is 0 Å². The standard InChI is InChI=1S/C9H11BrO2/c1-6(2)7(5-11)8-3-4-9(10)12-8/h3-7H,1-2H3. The Kier molecular flexibility index (Phi) is 3.09. The van der Waals surface area contributed by atoms with Crippen molar-refractivity contribution in [3.05, 3.63) is 22.6 Å². The van der Waals surface area contributed by atoms with Gasteiger partial charge < -0.3 is 9.21 Å². The number of carbonyl (C=O) groups excluding carboxylic acids is 1. The molecule has 1 aromatic heterocycles. The third kappa shape index (κ3) is 1.97. The Balaban J connectivity index is 2.87. The molecule has 12 heavy (non-hydrogen) atoms. The highest BCUT2D eigenvalue weighted by Gasteiger charge is 2.17. The molecule has 0 aromatic carbocycles. The molecule has 66 valence electrons. The van der Waals surface area contributed by atoms with E-state index in [2.05, 4.69) is 15.9 Å². The van der Waals surface area contributed by atoms with E-state index in [1.807, 2.05) is 19.9 Å². The van der Waals surface area contributed by atoms with E-state index in [-0.39, 0.29) is 11.8 Å². The van der Waals surface area contributed by atoms with Crippen molar-refractivity contribution in [2.75, 3.05) is 0 Å². The SMILES string of the molecule is CC(C)C(C=O)c1ccc(Br)o1. The summed E-state index contributed by atoms with van der Waals surface area (Å²) >= 11 is 3.20. The molecule has 0 N–H and O–H groups in total. The molecule has 0 spiro atoms. The second-order valence-electron chi connectivity index (χ2n) is 3.05. The maximum Gasteiger partial charge on any atom is 0.169 e. The molecule has 0 saturated carbocycles. The van der Waals surface area contributed by atoms with Gasteiger partial charge in [-0.05, 0) is 34.0 Å². The van der Waals surface area contributed by atoms with Crippen molar-refractivity contribution in [2.24, 2.45) is 5.92 Å². The normalized spacial score (nSPS) is 13.3. The van der Waals surface area contributed by atoms with Crippen molar-refractivity contribution in [1.29, 1.82) is 0 Å². The van der Waals surface area contributed by atoms with E-state index in [9.17, 15) is 4.79 Å². The molecule has 1 rings (SSSR count). The smallest absolute Gasteiger partial charge is 0.169 e. The van der Waals surface area contributed by atoms with Gasteiger partial charge in [0.25, 0.3) is 0 Å². The highest BCUT2D eigenvalue weighted by atomic mass is 79.9. The lowest BCUT2D eigenvalue weighted by Crippen LogP contribution is -2.06. The van der Waals surface area contributed by atoms with Crippen LogP contribution in [0.25, 0.3) is 0 Å². The molecule has 1 atom stereocenters. The van der Waals surface area contributed by atoms with Gasteiger partial charge >= 0.3 is 0 Å². The molecule has 0 fully saturated rings. The second kappa shape index (κ2) is 3.90. The number of halogens is 1. The first-order valence-corrected chi connectivity index (χ1v) is 4.65. The third-order valence-corrected chi connectivity index (χ3v) is 2.21. The van der Waals surface area contributed by atoms with Crippen LogP contribution in [0.2, 0.25) is 0 Å². The number of rotatable bonds is 3. The molecular weight excluding hydrogens is 220 g/mol. The van der Waals surface area contributed by atoms with Gasteiger partial charge in [0, 0.05) is 0 Å². The zero-order valence-corrected chi connectivity index (χ0v) is 8.67. The van der Waals surface area contributed by atoms with Crippen LogP contribution in [0.15, 0.2) is 21.2 Å². The van der Waals surface area contributed by atoms with E-state index in [1.165, 1.54) is 0 Å². The maximum atomic E-state index is 10.7. The first kappa shape index (κ1) is 9.52. The van der Waals surface area contributed by atoms with Gasteiger partial charge in [-0.3, -0.25) is 0 Å². The predicted octanol–water partition coefficient (Wildman–Crippen LogP) is 2.98. The summed E-state index contributed by atoms with van der Waals surface area (Å²) in [6, 6.07) is 3.62. The Morgan fingerprint density at radius 1 is 1.50 bits per heavy atom. The molecule has 0 aliphatic heterocycles. The number of carbonyl (C=O) groups is 1. The minimum atomic E-state index is -0.128. The van der Waals surface area contributed by atoms with Crippen LogP contribution in [-0.2, 0) is 4.79 Å². The average molecular weight is 231 g/mol. The van der Waals surface area contributed by atoms with Gasteiger partial charge in [-0.25, -0.2) is 0 Å². The summed E-state index contributed by atoms with van der Waals surface area (Å²) in [4.78, 5) is 10.7. The molecule has 1 aromatic rings. The average Bonchev–Trinajstić information content (AvgIpc) is 2.37. The summed E-state index contributed by atoms with van der Waals surface area (Å²) in [5.41, 5.74) is 0. The topological polar surface area (TPSA) is 30.2 Å². The van der Waals surface area contributed by atoms with Crippen LogP contribution in [0.1, 0.15) is 25.5 Å². The molecule has 0 amide bonds. The fourth-order valence-corrected chi connectivity index (χ4v) is 1.38. The van der Waals surface area contributed by atoms with E-state index in [4.69, 9.17) is 4.42 Å². The highest BCUT2D eigenvalue weighted by Crippen LogP contribution is 2.25. The monoisotopic (exact) mass is 230 g/mol. The lowest BCUT2D eigenvalue weighted by molar-refractivity contribution is -0.110. The second-order valence-corrected chi connectivity index (χ2v) is 3.83. The van der Waals surface area contributed by atoms with Crippen LogP contribution in [0.5, 0.6) is 0 Å². The van der Waals surface area contributed by atoms with Gasteiger partial charge in [0.05, 0.1) is 5.92 Å². The molecule has 0 bridgehead atoms. The zero-order chi connectivity index (χ0) is 9.14. The van der Waals surface area contributed by atoms with Gasteiger partial charge in [-0.15, -0.1) is 0 Å². The summed E-state index contributed by atoms with van der Waals surface area (Å²) < 4.78 is 5.95. The van der Waals surface area contributed by atoms with Crippen molar-refractivity contribution in [3.63, 3.8) is 0 Å².